The second-order valence-corrected chi connectivity index (χ2v) is 5.12. The van der Waals surface area contributed by atoms with Crippen LogP contribution >= 0.6 is 11.6 Å². The smallest absolute Gasteiger partial charge is 0.0953 e. The zero-order chi connectivity index (χ0) is 13.1. The number of benzene rings is 1. The van der Waals surface area contributed by atoms with E-state index in [0.29, 0.717) is 5.02 Å². The largest absolute Gasteiger partial charge is 0.371 e. The van der Waals surface area contributed by atoms with Crippen LogP contribution in [0, 0.1) is 0 Å². The molecular formula is C14H16ClN3O. The lowest BCUT2D eigenvalue weighted by Crippen LogP contribution is -2.39. The molecule has 2 heterocycles. The van der Waals surface area contributed by atoms with Crippen LogP contribution in [0.2, 0.25) is 5.02 Å². The van der Waals surface area contributed by atoms with Gasteiger partial charge in [-0.05, 0) is 5.56 Å². The molecule has 0 amide bonds. The SMILES string of the molecule is Clc1cnn(CN2CCOC(c3ccccc3)C2)c1. The highest BCUT2D eigenvalue weighted by atomic mass is 35.5. The average molecular weight is 278 g/mol. The minimum atomic E-state index is 0.140. The van der Waals surface area contributed by atoms with Crippen molar-refractivity contribution in [1.82, 2.24) is 14.7 Å². The second kappa shape index (κ2) is 5.74. The molecule has 1 atom stereocenters. The molecule has 0 aliphatic carbocycles. The summed E-state index contributed by atoms with van der Waals surface area (Å²) in [6, 6.07) is 10.3. The Balaban J connectivity index is 1.65. The van der Waals surface area contributed by atoms with E-state index >= 15 is 0 Å². The standard InChI is InChI=1S/C14H16ClN3O/c15-13-8-16-18(9-13)11-17-6-7-19-14(10-17)12-4-2-1-3-5-12/h1-5,8-9,14H,6-7,10-11H2. The Hall–Kier alpha value is -1.36. The summed E-state index contributed by atoms with van der Waals surface area (Å²) in [6.45, 7) is 3.29. The third kappa shape index (κ3) is 3.15. The van der Waals surface area contributed by atoms with Crippen LogP contribution in [0.15, 0.2) is 42.7 Å². The van der Waals surface area contributed by atoms with E-state index in [1.165, 1.54) is 5.56 Å². The first-order valence-electron chi connectivity index (χ1n) is 6.38. The van der Waals surface area contributed by atoms with Gasteiger partial charge in [0.25, 0.3) is 0 Å². The van der Waals surface area contributed by atoms with Crippen LogP contribution in [0.1, 0.15) is 11.7 Å². The molecule has 0 radical (unpaired) electrons. The summed E-state index contributed by atoms with van der Waals surface area (Å²) in [7, 11) is 0. The average Bonchev–Trinajstić information content (AvgIpc) is 2.85. The normalized spacial score (nSPS) is 20.6. The van der Waals surface area contributed by atoms with Gasteiger partial charge >= 0.3 is 0 Å². The van der Waals surface area contributed by atoms with Gasteiger partial charge in [-0.1, -0.05) is 41.9 Å². The fourth-order valence-corrected chi connectivity index (χ4v) is 2.48. The summed E-state index contributed by atoms with van der Waals surface area (Å²) in [5, 5.41) is 4.88. The van der Waals surface area contributed by atoms with E-state index in [9.17, 15) is 0 Å². The van der Waals surface area contributed by atoms with Crippen LogP contribution < -0.4 is 0 Å². The molecule has 0 saturated carbocycles. The summed E-state index contributed by atoms with van der Waals surface area (Å²) >= 11 is 5.88. The van der Waals surface area contributed by atoms with Crippen molar-refractivity contribution < 1.29 is 4.74 Å². The van der Waals surface area contributed by atoms with Crippen molar-refractivity contribution in [3.63, 3.8) is 0 Å². The number of nitrogens with zero attached hydrogens (tertiary/aromatic N) is 3. The Morgan fingerprint density at radius 1 is 1.32 bits per heavy atom. The molecule has 5 heteroatoms. The zero-order valence-corrected chi connectivity index (χ0v) is 11.3. The molecular weight excluding hydrogens is 262 g/mol. The van der Waals surface area contributed by atoms with Crippen molar-refractivity contribution in [2.24, 2.45) is 0 Å². The van der Waals surface area contributed by atoms with Crippen LogP contribution in [0.5, 0.6) is 0 Å². The van der Waals surface area contributed by atoms with Crippen molar-refractivity contribution in [1.29, 1.82) is 0 Å². The van der Waals surface area contributed by atoms with E-state index in [1.807, 2.05) is 29.1 Å². The minimum Gasteiger partial charge on any atom is -0.371 e. The third-order valence-electron chi connectivity index (χ3n) is 3.27. The lowest BCUT2D eigenvalue weighted by Gasteiger charge is -2.32. The van der Waals surface area contributed by atoms with Gasteiger partial charge in [-0.2, -0.15) is 5.10 Å². The lowest BCUT2D eigenvalue weighted by molar-refractivity contribution is -0.0416. The highest BCUT2D eigenvalue weighted by Crippen LogP contribution is 2.22. The van der Waals surface area contributed by atoms with Crippen molar-refractivity contribution in [2.45, 2.75) is 12.8 Å². The van der Waals surface area contributed by atoms with E-state index in [2.05, 4.69) is 22.1 Å². The Morgan fingerprint density at radius 3 is 2.89 bits per heavy atom. The maximum atomic E-state index is 5.88. The molecule has 100 valence electrons. The molecule has 1 aromatic carbocycles. The van der Waals surface area contributed by atoms with Crippen LogP contribution in [0.25, 0.3) is 0 Å². The van der Waals surface area contributed by atoms with Gasteiger partial charge in [-0.25, -0.2) is 0 Å². The highest BCUT2D eigenvalue weighted by molar-refractivity contribution is 6.30. The Kier molecular flexibility index (Phi) is 3.82. The number of hydrogen-bond donors (Lipinski definition) is 0. The first-order valence-corrected chi connectivity index (χ1v) is 6.76. The predicted molar refractivity (Wildman–Crippen MR) is 73.9 cm³/mol. The first kappa shape index (κ1) is 12.7. The van der Waals surface area contributed by atoms with Crippen molar-refractivity contribution >= 4 is 11.6 Å². The maximum Gasteiger partial charge on any atom is 0.0953 e. The Bertz CT molecular complexity index is 528. The van der Waals surface area contributed by atoms with Gasteiger partial charge in [0.15, 0.2) is 0 Å². The Labute approximate surface area is 117 Å². The molecule has 1 saturated heterocycles. The van der Waals surface area contributed by atoms with Crippen LogP contribution in [0.3, 0.4) is 0 Å². The summed E-state index contributed by atoms with van der Waals surface area (Å²) < 4.78 is 7.70. The fraction of sp³-hybridized carbons (Fsp3) is 0.357. The van der Waals surface area contributed by atoms with E-state index in [0.717, 1.165) is 26.4 Å². The van der Waals surface area contributed by atoms with Gasteiger partial charge in [0.1, 0.15) is 0 Å². The number of aromatic nitrogens is 2. The van der Waals surface area contributed by atoms with Gasteiger partial charge in [-0.3, -0.25) is 9.58 Å². The molecule has 2 aromatic rings. The van der Waals surface area contributed by atoms with Crippen molar-refractivity contribution in [2.75, 3.05) is 19.7 Å². The summed E-state index contributed by atoms with van der Waals surface area (Å²) in [5.74, 6) is 0. The zero-order valence-electron chi connectivity index (χ0n) is 10.6. The van der Waals surface area contributed by atoms with Gasteiger partial charge in [-0.15, -0.1) is 0 Å². The molecule has 3 rings (SSSR count). The van der Waals surface area contributed by atoms with Crippen LogP contribution in [0.4, 0.5) is 0 Å². The summed E-state index contributed by atoms with van der Waals surface area (Å²) in [5.41, 5.74) is 1.23. The van der Waals surface area contributed by atoms with Crippen molar-refractivity contribution in [3.05, 3.63) is 53.3 Å². The molecule has 4 nitrogen and oxygen atoms in total. The summed E-state index contributed by atoms with van der Waals surface area (Å²) in [4.78, 5) is 2.32. The predicted octanol–water partition coefficient (Wildman–Crippen LogP) is 2.57. The molecule has 1 aliphatic rings. The molecule has 0 bridgehead atoms. The van der Waals surface area contributed by atoms with Gasteiger partial charge in [0, 0.05) is 19.3 Å². The van der Waals surface area contributed by atoms with E-state index in [1.54, 1.807) is 6.20 Å². The first-order chi connectivity index (χ1) is 9.31. The number of ether oxygens (including phenoxy) is 1. The number of halogens is 1. The van der Waals surface area contributed by atoms with Crippen LogP contribution in [-0.4, -0.2) is 34.4 Å². The third-order valence-corrected chi connectivity index (χ3v) is 3.46. The molecule has 0 spiro atoms. The molecule has 19 heavy (non-hydrogen) atoms. The lowest BCUT2D eigenvalue weighted by atomic mass is 10.1. The molecule has 1 aliphatic heterocycles. The Morgan fingerprint density at radius 2 is 2.16 bits per heavy atom. The fourth-order valence-electron chi connectivity index (χ4n) is 2.32. The van der Waals surface area contributed by atoms with E-state index in [4.69, 9.17) is 16.3 Å². The molecule has 1 fully saturated rings. The van der Waals surface area contributed by atoms with Crippen LogP contribution in [-0.2, 0) is 11.4 Å². The van der Waals surface area contributed by atoms with Gasteiger partial charge in [0.05, 0.1) is 30.6 Å². The number of morpholine rings is 1. The maximum absolute atomic E-state index is 5.88. The molecule has 1 unspecified atom stereocenters. The minimum absolute atomic E-state index is 0.140. The van der Waals surface area contributed by atoms with Gasteiger partial charge < -0.3 is 4.74 Å². The molecule has 0 N–H and O–H groups in total. The van der Waals surface area contributed by atoms with E-state index < -0.39 is 0 Å². The summed E-state index contributed by atoms with van der Waals surface area (Å²) in [6.07, 6.45) is 3.64. The van der Waals surface area contributed by atoms with Crippen molar-refractivity contribution in [3.8, 4) is 0 Å². The highest BCUT2D eigenvalue weighted by Gasteiger charge is 2.21. The monoisotopic (exact) mass is 277 g/mol. The number of hydrogen-bond acceptors (Lipinski definition) is 3. The molecule has 1 aromatic heterocycles. The number of rotatable bonds is 3. The topological polar surface area (TPSA) is 30.3 Å². The second-order valence-electron chi connectivity index (χ2n) is 4.69. The van der Waals surface area contributed by atoms with E-state index in [-0.39, 0.29) is 6.10 Å². The van der Waals surface area contributed by atoms with Gasteiger partial charge in [0.2, 0.25) is 0 Å². The quantitative estimate of drug-likeness (QED) is 0.864.